The molecule has 1 atom stereocenters. The molecule has 11 heteroatoms. The second-order valence-electron chi connectivity index (χ2n) is 9.37. The van der Waals surface area contributed by atoms with Gasteiger partial charge in [-0.2, -0.15) is 5.10 Å². The molecule has 0 aliphatic carbocycles. The first-order chi connectivity index (χ1) is 18.3. The second kappa shape index (κ2) is 10.3. The highest BCUT2D eigenvalue weighted by molar-refractivity contribution is 7.89. The maximum absolute atomic E-state index is 12.6. The van der Waals surface area contributed by atoms with E-state index in [1.807, 2.05) is 35.9 Å². The topological polar surface area (TPSA) is 136 Å². The van der Waals surface area contributed by atoms with E-state index >= 15 is 0 Å². The SMILES string of the molecule is C=CC(=O)N1CCC[C@@H](n2nc(-c3ccc(CNS(=O)(=O)c4ccc(C)cc4)cc3)c3c(N)ncnc32)C1. The van der Waals surface area contributed by atoms with Crippen LogP contribution in [-0.2, 0) is 21.4 Å². The number of sulfonamides is 1. The van der Waals surface area contributed by atoms with Crippen LogP contribution in [0.5, 0.6) is 0 Å². The van der Waals surface area contributed by atoms with Crippen LogP contribution in [0.2, 0.25) is 0 Å². The van der Waals surface area contributed by atoms with Crippen molar-refractivity contribution in [2.75, 3.05) is 18.8 Å². The first-order valence-corrected chi connectivity index (χ1v) is 13.8. The van der Waals surface area contributed by atoms with Crippen LogP contribution in [0.1, 0.15) is 30.0 Å². The fraction of sp³-hybridized carbons (Fsp3) is 0.259. The molecule has 0 radical (unpaired) electrons. The third-order valence-corrected chi connectivity index (χ3v) is 8.19. The van der Waals surface area contributed by atoms with Crippen LogP contribution in [0.4, 0.5) is 5.82 Å². The van der Waals surface area contributed by atoms with Crippen LogP contribution >= 0.6 is 0 Å². The number of nitrogens with two attached hydrogens (primary N) is 1. The minimum atomic E-state index is -3.63. The van der Waals surface area contributed by atoms with E-state index < -0.39 is 10.0 Å². The molecule has 196 valence electrons. The zero-order valence-corrected chi connectivity index (χ0v) is 21.9. The molecule has 2 aromatic heterocycles. The summed E-state index contributed by atoms with van der Waals surface area (Å²) in [6.45, 7) is 6.84. The van der Waals surface area contributed by atoms with E-state index in [0.717, 1.165) is 29.5 Å². The number of hydrogen-bond acceptors (Lipinski definition) is 7. The molecule has 3 N–H and O–H groups in total. The molecule has 1 fully saturated rings. The van der Waals surface area contributed by atoms with Gasteiger partial charge in [-0.05, 0) is 43.5 Å². The van der Waals surface area contributed by atoms with Gasteiger partial charge in [0.2, 0.25) is 15.9 Å². The summed E-state index contributed by atoms with van der Waals surface area (Å²) in [5.74, 6) is 0.218. The van der Waals surface area contributed by atoms with E-state index in [-0.39, 0.29) is 23.4 Å². The van der Waals surface area contributed by atoms with Gasteiger partial charge in [0.15, 0.2) is 5.65 Å². The molecule has 2 aromatic carbocycles. The fourth-order valence-corrected chi connectivity index (χ4v) is 5.71. The number of nitrogen functional groups attached to an aromatic ring is 1. The van der Waals surface area contributed by atoms with Crippen molar-refractivity contribution in [3.63, 3.8) is 0 Å². The molecular weight excluding hydrogens is 502 g/mol. The van der Waals surface area contributed by atoms with Crippen molar-refractivity contribution in [3.8, 4) is 11.3 Å². The van der Waals surface area contributed by atoms with Gasteiger partial charge in [-0.15, -0.1) is 0 Å². The largest absolute Gasteiger partial charge is 0.383 e. The molecule has 1 aliphatic rings. The average molecular weight is 532 g/mol. The fourth-order valence-electron chi connectivity index (χ4n) is 4.70. The molecule has 0 unspecified atom stereocenters. The third-order valence-electron chi connectivity index (χ3n) is 6.77. The Hall–Kier alpha value is -4.09. The number of likely N-dealkylation sites (tertiary alicyclic amines) is 1. The molecule has 10 nitrogen and oxygen atoms in total. The molecule has 0 bridgehead atoms. The number of benzene rings is 2. The number of aryl methyl sites for hydroxylation is 1. The standard InChI is InChI=1S/C27H29N7O3S/c1-3-23(35)33-14-4-5-21(16-33)34-27-24(26(28)29-17-30-27)25(32-34)20-10-8-19(9-11-20)15-31-38(36,37)22-12-6-18(2)7-13-22/h3,6-13,17,21,31H,1,4-5,14-16H2,2H3,(H2,28,29,30)/t21-/m1/s1. The summed E-state index contributed by atoms with van der Waals surface area (Å²) in [6, 6.07) is 14.1. The lowest BCUT2D eigenvalue weighted by molar-refractivity contribution is -0.127. The number of carbonyl (C=O) groups is 1. The molecule has 0 spiro atoms. The Kier molecular flexibility index (Phi) is 6.96. The minimum Gasteiger partial charge on any atom is -0.383 e. The summed E-state index contributed by atoms with van der Waals surface area (Å²) in [7, 11) is -3.63. The van der Waals surface area contributed by atoms with Crippen LogP contribution < -0.4 is 10.5 Å². The Balaban J connectivity index is 1.40. The Labute approximate surface area is 221 Å². The highest BCUT2D eigenvalue weighted by Crippen LogP contribution is 2.34. The normalized spacial score (nSPS) is 16.0. The maximum atomic E-state index is 12.6. The summed E-state index contributed by atoms with van der Waals surface area (Å²) in [5, 5.41) is 5.53. The monoisotopic (exact) mass is 531 g/mol. The van der Waals surface area contributed by atoms with E-state index in [0.29, 0.717) is 35.6 Å². The number of nitrogens with zero attached hydrogens (tertiary/aromatic N) is 5. The lowest BCUT2D eigenvalue weighted by Gasteiger charge is -2.32. The predicted octanol–water partition coefficient (Wildman–Crippen LogP) is 3.21. The van der Waals surface area contributed by atoms with Crippen molar-refractivity contribution < 1.29 is 13.2 Å². The highest BCUT2D eigenvalue weighted by Gasteiger charge is 2.28. The highest BCUT2D eigenvalue weighted by atomic mass is 32.2. The summed E-state index contributed by atoms with van der Waals surface area (Å²) in [6.07, 6.45) is 4.44. The Morgan fingerprint density at radius 1 is 1.16 bits per heavy atom. The molecule has 0 saturated carbocycles. The molecule has 1 amide bonds. The van der Waals surface area contributed by atoms with Gasteiger partial charge in [0, 0.05) is 25.2 Å². The van der Waals surface area contributed by atoms with Crippen molar-refractivity contribution in [2.24, 2.45) is 0 Å². The first-order valence-electron chi connectivity index (χ1n) is 12.3. The summed E-state index contributed by atoms with van der Waals surface area (Å²) >= 11 is 0. The molecule has 1 saturated heterocycles. The van der Waals surface area contributed by atoms with Crippen LogP contribution in [-0.4, -0.2) is 52.1 Å². The maximum Gasteiger partial charge on any atom is 0.246 e. The zero-order chi connectivity index (χ0) is 26.9. The first kappa shape index (κ1) is 25.6. The van der Waals surface area contributed by atoms with E-state index in [9.17, 15) is 13.2 Å². The molecular formula is C27H29N7O3S. The van der Waals surface area contributed by atoms with Gasteiger partial charge >= 0.3 is 0 Å². The predicted molar refractivity (Wildman–Crippen MR) is 145 cm³/mol. The van der Waals surface area contributed by atoms with Gasteiger partial charge < -0.3 is 10.6 Å². The number of aromatic nitrogens is 4. The van der Waals surface area contributed by atoms with E-state index in [4.69, 9.17) is 10.8 Å². The summed E-state index contributed by atoms with van der Waals surface area (Å²) in [5.41, 5.74) is 10.1. The van der Waals surface area contributed by atoms with Crippen LogP contribution in [0.15, 0.2) is 72.4 Å². The van der Waals surface area contributed by atoms with Crippen molar-refractivity contribution >= 4 is 32.8 Å². The number of carbonyl (C=O) groups excluding carboxylic acids is 1. The number of piperidine rings is 1. The Bertz CT molecular complexity index is 1600. The van der Waals surface area contributed by atoms with Crippen molar-refractivity contribution in [1.82, 2.24) is 29.4 Å². The van der Waals surface area contributed by atoms with E-state index in [1.165, 1.54) is 12.4 Å². The number of anilines is 1. The third kappa shape index (κ3) is 5.02. The van der Waals surface area contributed by atoms with E-state index in [2.05, 4.69) is 21.3 Å². The van der Waals surface area contributed by atoms with Crippen LogP contribution in [0.3, 0.4) is 0 Å². The lowest BCUT2D eigenvalue weighted by atomic mass is 10.1. The Morgan fingerprint density at radius 3 is 2.61 bits per heavy atom. The summed E-state index contributed by atoms with van der Waals surface area (Å²) in [4.78, 5) is 22.9. The van der Waals surface area contributed by atoms with E-state index in [1.54, 1.807) is 29.2 Å². The molecule has 4 aromatic rings. The van der Waals surface area contributed by atoms with Crippen molar-refractivity contribution in [1.29, 1.82) is 0 Å². The summed E-state index contributed by atoms with van der Waals surface area (Å²) < 4.78 is 29.8. The number of hydrogen-bond donors (Lipinski definition) is 2. The van der Waals surface area contributed by atoms with Gasteiger partial charge in [0.05, 0.1) is 16.3 Å². The smallest absolute Gasteiger partial charge is 0.246 e. The quantitative estimate of drug-likeness (QED) is 0.350. The molecule has 1 aliphatic heterocycles. The van der Waals surface area contributed by atoms with Gasteiger partial charge in [-0.3, -0.25) is 4.79 Å². The molecule has 3 heterocycles. The van der Waals surface area contributed by atoms with Crippen LogP contribution in [0, 0.1) is 6.92 Å². The van der Waals surface area contributed by atoms with Crippen molar-refractivity contribution in [3.05, 3.63) is 78.6 Å². The molecule has 38 heavy (non-hydrogen) atoms. The lowest BCUT2D eigenvalue weighted by Crippen LogP contribution is -2.40. The number of nitrogens with one attached hydrogen (secondary N) is 1. The van der Waals surface area contributed by atoms with Gasteiger partial charge in [-0.25, -0.2) is 27.8 Å². The number of amides is 1. The van der Waals surface area contributed by atoms with Crippen LogP contribution in [0.25, 0.3) is 22.3 Å². The molecule has 5 rings (SSSR count). The zero-order valence-electron chi connectivity index (χ0n) is 21.0. The van der Waals surface area contributed by atoms with Gasteiger partial charge in [0.25, 0.3) is 0 Å². The van der Waals surface area contributed by atoms with Gasteiger partial charge in [0.1, 0.15) is 17.8 Å². The van der Waals surface area contributed by atoms with Crippen molar-refractivity contribution in [2.45, 2.75) is 37.2 Å². The Morgan fingerprint density at radius 2 is 1.89 bits per heavy atom. The second-order valence-corrected chi connectivity index (χ2v) is 11.1. The average Bonchev–Trinajstić information content (AvgIpc) is 3.33. The number of fused-ring (bicyclic) bond motifs is 1. The minimum absolute atomic E-state index is 0.0614. The van der Waals surface area contributed by atoms with Gasteiger partial charge in [-0.1, -0.05) is 48.5 Å². The number of rotatable bonds is 7.